The summed E-state index contributed by atoms with van der Waals surface area (Å²) < 4.78 is 61.3. The second kappa shape index (κ2) is 5.68. The number of halogens is 3. The zero-order chi connectivity index (χ0) is 13.8. The predicted molar refractivity (Wildman–Crippen MR) is 57.2 cm³/mol. The Morgan fingerprint density at radius 1 is 1.22 bits per heavy atom. The summed E-state index contributed by atoms with van der Waals surface area (Å²) in [6.45, 7) is -1.28. The van der Waals surface area contributed by atoms with Gasteiger partial charge in [-0.1, -0.05) is 30.3 Å². The van der Waals surface area contributed by atoms with E-state index in [9.17, 15) is 21.6 Å². The van der Waals surface area contributed by atoms with Crippen LogP contribution in [0.4, 0.5) is 13.2 Å². The molecule has 0 radical (unpaired) electrons. The van der Waals surface area contributed by atoms with Crippen molar-refractivity contribution in [1.82, 2.24) is 0 Å². The van der Waals surface area contributed by atoms with E-state index in [1.807, 2.05) is 0 Å². The molecule has 0 aromatic heterocycles. The zero-order valence-electron chi connectivity index (χ0n) is 9.09. The summed E-state index contributed by atoms with van der Waals surface area (Å²) in [7, 11) is -5.62. The van der Waals surface area contributed by atoms with Crippen molar-refractivity contribution in [3.8, 4) is 0 Å². The summed E-state index contributed by atoms with van der Waals surface area (Å²) in [6, 6.07) is 8.05. The first-order valence-electron chi connectivity index (χ1n) is 4.89. The minimum absolute atomic E-state index is 0.498. The van der Waals surface area contributed by atoms with Crippen molar-refractivity contribution in [2.24, 2.45) is 0 Å². The molecule has 8 heteroatoms. The van der Waals surface area contributed by atoms with Gasteiger partial charge >= 0.3 is 15.6 Å². The summed E-state index contributed by atoms with van der Waals surface area (Å²) >= 11 is 0. The van der Waals surface area contributed by atoms with Gasteiger partial charge in [0.25, 0.3) is 0 Å². The smallest absolute Gasteiger partial charge is 0.396 e. The van der Waals surface area contributed by atoms with E-state index < -0.39 is 34.8 Å². The summed E-state index contributed by atoms with van der Waals surface area (Å²) in [6.07, 6.45) is 0. The first-order chi connectivity index (χ1) is 8.28. The molecule has 0 aliphatic rings. The highest BCUT2D eigenvalue weighted by Gasteiger charge is 2.47. The molecule has 0 amide bonds. The van der Waals surface area contributed by atoms with Crippen LogP contribution in [-0.2, 0) is 14.3 Å². The van der Waals surface area contributed by atoms with Gasteiger partial charge in [-0.05, 0) is 5.56 Å². The van der Waals surface area contributed by atoms with Gasteiger partial charge in [0.05, 0.1) is 13.2 Å². The van der Waals surface area contributed by atoms with Gasteiger partial charge in [0.2, 0.25) is 0 Å². The van der Waals surface area contributed by atoms with E-state index in [1.54, 1.807) is 30.3 Å². The SMILES string of the molecule is O=S(=O)(OCC(CO)c1ccccc1)C(F)(F)F. The van der Waals surface area contributed by atoms with E-state index in [2.05, 4.69) is 4.18 Å². The third-order valence-electron chi connectivity index (χ3n) is 2.20. The molecule has 1 aromatic carbocycles. The Morgan fingerprint density at radius 3 is 2.22 bits per heavy atom. The van der Waals surface area contributed by atoms with Gasteiger partial charge in [-0.15, -0.1) is 0 Å². The molecular formula is C10H11F3O4S. The van der Waals surface area contributed by atoms with Crippen LogP contribution >= 0.6 is 0 Å². The van der Waals surface area contributed by atoms with Crippen LogP contribution in [0.15, 0.2) is 30.3 Å². The van der Waals surface area contributed by atoms with E-state index in [0.717, 1.165) is 0 Å². The molecule has 1 aromatic rings. The summed E-state index contributed by atoms with van der Waals surface area (Å²) in [5.74, 6) is -0.830. The first-order valence-corrected chi connectivity index (χ1v) is 6.30. The molecule has 1 N–H and O–H groups in total. The Labute approximate surface area is 102 Å². The number of alkyl halides is 3. The molecule has 102 valence electrons. The van der Waals surface area contributed by atoms with Crippen LogP contribution in [0.5, 0.6) is 0 Å². The maximum absolute atomic E-state index is 12.0. The lowest BCUT2D eigenvalue weighted by atomic mass is 10.0. The summed E-state index contributed by atoms with van der Waals surface area (Å²) in [5.41, 5.74) is -4.96. The molecule has 0 fully saturated rings. The van der Waals surface area contributed by atoms with Gasteiger partial charge in [-0.25, -0.2) is 0 Å². The molecule has 4 nitrogen and oxygen atoms in total. The number of aliphatic hydroxyl groups excluding tert-OH is 1. The summed E-state index contributed by atoms with van der Waals surface area (Å²) in [5, 5.41) is 9.02. The monoisotopic (exact) mass is 284 g/mol. The van der Waals surface area contributed by atoms with Crippen molar-refractivity contribution < 1.29 is 30.9 Å². The van der Waals surface area contributed by atoms with Crippen molar-refractivity contribution in [3.63, 3.8) is 0 Å². The lowest BCUT2D eigenvalue weighted by Crippen LogP contribution is -2.27. The highest BCUT2D eigenvalue weighted by Crippen LogP contribution is 2.26. The van der Waals surface area contributed by atoms with Crippen LogP contribution in [0.1, 0.15) is 11.5 Å². The standard InChI is InChI=1S/C10H11F3O4S/c11-10(12,13)18(15,16)17-7-9(6-14)8-4-2-1-3-5-8/h1-5,9,14H,6-7H2. The topological polar surface area (TPSA) is 63.6 Å². The van der Waals surface area contributed by atoms with Crippen LogP contribution in [-0.4, -0.2) is 32.2 Å². The van der Waals surface area contributed by atoms with E-state index in [4.69, 9.17) is 5.11 Å². The zero-order valence-corrected chi connectivity index (χ0v) is 9.91. The van der Waals surface area contributed by atoms with E-state index in [1.165, 1.54) is 0 Å². The second-order valence-electron chi connectivity index (χ2n) is 3.47. The van der Waals surface area contributed by atoms with Crippen LogP contribution in [0.2, 0.25) is 0 Å². The maximum atomic E-state index is 12.0. The lowest BCUT2D eigenvalue weighted by Gasteiger charge is -2.15. The molecule has 0 aliphatic heterocycles. The van der Waals surface area contributed by atoms with Crippen LogP contribution < -0.4 is 0 Å². The van der Waals surface area contributed by atoms with Gasteiger partial charge in [0.15, 0.2) is 0 Å². The molecule has 0 bridgehead atoms. The fraction of sp³-hybridized carbons (Fsp3) is 0.400. The largest absolute Gasteiger partial charge is 0.523 e. The molecule has 0 heterocycles. The van der Waals surface area contributed by atoms with Crippen molar-refractivity contribution in [2.45, 2.75) is 11.4 Å². The van der Waals surface area contributed by atoms with Gasteiger partial charge in [-0.2, -0.15) is 21.6 Å². The number of benzene rings is 1. The molecule has 1 unspecified atom stereocenters. The van der Waals surface area contributed by atoms with Crippen LogP contribution in [0.25, 0.3) is 0 Å². The molecular weight excluding hydrogens is 273 g/mol. The molecule has 18 heavy (non-hydrogen) atoms. The Bertz CT molecular complexity index is 470. The predicted octanol–water partition coefficient (Wildman–Crippen LogP) is 1.63. The van der Waals surface area contributed by atoms with E-state index in [-0.39, 0.29) is 0 Å². The third-order valence-corrected chi connectivity index (χ3v) is 3.21. The third kappa shape index (κ3) is 3.69. The Morgan fingerprint density at radius 2 is 1.78 bits per heavy atom. The Balaban J connectivity index is 2.73. The van der Waals surface area contributed by atoms with Crippen molar-refractivity contribution >= 4 is 10.1 Å². The second-order valence-corrected chi connectivity index (χ2v) is 5.08. The quantitative estimate of drug-likeness (QED) is 0.659. The number of hydrogen-bond acceptors (Lipinski definition) is 4. The molecule has 1 atom stereocenters. The fourth-order valence-corrected chi connectivity index (χ4v) is 1.70. The van der Waals surface area contributed by atoms with Crippen LogP contribution in [0, 0.1) is 0 Å². The van der Waals surface area contributed by atoms with Crippen molar-refractivity contribution in [3.05, 3.63) is 35.9 Å². The molecule has 0 saturated carbocycles. The van der Waals surface area contributed by atoms with Gasteiger partial charge in [-0.3, -0.25) is 4.18 Å². The molecule has 0 saturated heterocycles. The van der Waals surface area contributed by atoms with E-state index >= 15 is 0 Å². The normalized spacial score (nSPS) is 14.4. The lowest BCUT2D eigenvalue weighted by molar-refractivity contribution is -0.0548. The highest BCUT2D eigenvalue weighted by atomic mass is 32.2. The number of rotatable bonds is 5. The van der Waals surface area contributed by atoms with Gasteiger partial charge in [0.1, 0.15) is 0 Å². The molecule has 1 rings (SSSR count). The average Bonchev–Trinajstić information content (AvgIpc) is 2.29. The number of aliphatic hydroxyl groups is 1. The van der Waals surface area contributed by atoms with Gasteiger partial charge in [0, 0.05) is 5.92 Å². The van der Waals surface area contributed by atoms with Gasteiger partial charge < -0.3 is 5.11 Å². The highest BCUT2D eigenvalue weighted by molar-refractivity contribution is 7.87. The fourth-order valence-electron chi connectivity index (χ4n) is 1.22. The summed E-state index contributed by atoms with van der Waals surface area (Å²) in [4.78, 5) is 0. The van der Waals surface area contributed by atoms with Crippen molar-refractivity contribution in [2.75, 3.05) is 13.2 Å². The molecule has 0 spiro atoms. The van der Waals surface area contributed by atoms with Crippen molar-refractivity contribution in [1.29, 1.82) is 0 Å². The van der Waals surface area contributed by atoms with Crippen LogP contribution in [0.3, 0.4) is 0 Å². The maximum Gasteiger partial charge on any atom is 0.523 e. The Kier molecular flexibility index (Phi) is 4.71. The average molecular weight is 284 g/mol. The molecule has 0 aliphatic carbocycles. The minimum Gasteiger partial charge on any atom is -0.396 e. The minimum atomic E-state index is -5.62. The first kappa shape index (κ1) is 14.9. The van der Waals surface area contributed by atoms with E-state index in [0.29, 0.717) is 5.56 Å². The Hall–Kier alpha value is -1.12. The number of hydrogen-bond donors (Lipinski definition) is 1.